The van der Waals surface area contributed by atoms with E-state index in [2.05, 4.69) is 10.3 Å². The Balaban J connectivity index is 2.04. The highest BCUT2D eigenvalue weighted by Gasteiger charge is 2.17. The van der Waals surface area contributed by atoms with Crippen molar-refractivity contribution in [2.45, 2.75) is 32.9 Å². The zero-order valence-electron chi connectivity index (χ0n) is 10.8. The third-order valence-corrected chi connectivity index (χ3v) is 4.83. The van der Waals surface area contributed by atoms with Gasteiger partial charge in [-0.05, 0) is 25.3 Å². The standard InChI is InChI=1S/C13H16N2O2S2/c1-8-12(19-9(2)15-8)7-14-10(6-13(16)17)11-4-3-5-18-11/h3-5,10,14H,6-7H2,1-2H3,(H,16,17). The predicted octanol–water partition coefficient (Wildman–Crippen LogP) is 3.13. The molecule has 0 saturated heterocycles. The molecule has 1 atom stereocenters. The summed E-state index contributed by atoms with van der Waals surface area (Å²) < 4.78 is 0. The molecule has 0 aromatic carbocycles. The molecule has 2 aromatic rings. The first-order chi connectivity index (χ1) is 9.06. The van der Waals surface area contributed by atoms with Crippen molar-refractivity contribution < 1.29 is 9.90 Å². The summed E-state index contributed by atoms with van der Waals surface area (Å²) >= 11 is 3.23. The number of aliphatic carboxylic acids is 1. The van der Waals surface area contributed by atoms with E-state index in [9.17, 15) is 4.79 Å². The summed E-state index contributed by atoms with van der Waals surface area (Å²) in [6, 6.07) is 3.77. The molecule has 6 heteroatoms. The lowest BCUT2D eigenvalue weighted by molar-refractivity contribution is -0.137. The molecule has 4 nitrogen and oxygen atoms in total. The van der Waals surface area contributed by atoms with Gasteiger partial charge in [0, 0.05) is 16.3 Å². The average molecular weight is 296 g/mol. The highest BCUT2D eigenvalue weighted by Crippen LogP contribution is 2.24. The number of nitrogens with one attached hydrogen (secondary N) is 1. The Hall–Kier alpha value is -1.24. The van der Waals surface area contributed by atoms with Gasteiger partial charge in [0.2, 0.25) is 0 Å². The Morgan fingerprint density at radius 1 is 1.53 bits per heavy atom. The van der Waals surface area contributed by atoms with Crippen molar-refractivity contribution in [1.82, 2.24) is 10.3 Å². The fourth-order valence-corrected chi connectivity index (χ4v) is 3.58. The smallest absolute Gasteiger partial charge is 0.305 e. The molecule has 0 aliphatic heterocycles. The lowest BCUT2D eigenvalue weighted by Gasteiger charge is -2.15. The fourth-order valence-electron chi connectivity index (χ4n) is 1.89. The zero-order valence-corrected chi connectivity index (χ0v) is 12.5. The maximum atomic E-state index is 10.9. The normalized spacial score (nSPS) is 12.5. The lowest BCUT2D eigenvalue weighted by Crippen LogP contribution is -2.22. The highest BCUT2D eigenvalue weighted by molar-refractivity contribution is 7.11. The Kier molecular flexibility index (Phi) is 4.68. The third-order valence-electron chi connectivity index (χ3n) is 2.77. The molecule has 0 aliphatic rings. The van der Waals surface area contributed by atoms with Gasteiger partial charge in [0.25, 0.3) is 0 Å². The average Bonchev–Trinajstić information content (AvgIpc) is 2.94. The Morgan fingerprint density at radius 3 is 2.84 bits per heavy atom. The number of rotatable bonds is 6. The number of hydrogen-bond donors (Lipinski definition) is 2. The maximum Gasteiger partial charge on any atom is 0.305 e. The minimum Gasteiger partial charge on any atom is -0.481 e. The fraction of sp³-hybridized carbons (Fsp3) is 0.385. The SMILES string of the molecule is Cc1nc(C)c(CNC(CC(=O)O)c2cccs2)s1. The summed E-state index contributed by atoms with van der Waals surface area (Å²) in [7, 11) is 0. The van der Waals surface area contributed by atoms with Gasteiger partial charge in [-0.2, -0.15) is 0 Å². The second-order valence-electron chi connectivity index (χ2n) is 4.29. The summed E-state index contributed by atoms with van der Waals surface area (Å²) in [6.45, 7) is 4.63. The van der Waals surface area contributed by atoms with Crippen molar-refractivity contribution in [1.29, 1.82) is 0 Å². The van der Waals surface area contributed by atoms with Crippen LogP contribution in [0.15, 0.2) is 17.5 Å². The second kappa shape index (κ2) is 6.27. The molecule has 0 bridgehead atoms. The van der Waals surface area contributed by atoms with Crippen molar-refractivity contribution in [2.75, 3.05) is 0 Å². The first kappa shape index (κ1) is 14.2. The van der Waals surface area contributed by atoms with Crippen molar-refractivity contribution in [3.8, 4) is 0 Å². The van der Waals surface area contributed by atoms with E-state index >= 15 is 0 Å². The van der Waals surface area contributed by atoms with Crippen LogP contribution < -0.4 is 5.32 Å². The number of carboxylic acids is 1. The first-order valence-corrected chi connectivity index (χ1v) is 7.67. The van der Waals surface area contributed by atoms with E-state index in [1.807, 2.05) is 31.4 Å². The molecular formula is C13H16N2O2S2. The molecular weight excluding hydrogens is 280 g/mol. The van der Waals surface area contributed by atoms with E-state index in [4.69, 9.17) is 5.11 Å². The van der Waals surface area contributed by atoms with Crippen LogP contribution in [0.4, 0.5) is 0 Å². The van der Waals surface area contributed by atoms with Gasteiger partial charge < -0.3 is 10.4 Å². The minimum atomic E-state index is -0.789. The number of carbonyl (C=O) groups is 1. The van der Waals surface area contributed by atoms with E-state index in [0.717, 1.165) is 15.6 Å². The Morgan fingerprint density at radius 2 is 2.32 bits per heavy atom. The van der Waals surface area contributed by atoms with Crippen molar-refractivity contribution in [3.05, 3.63) is 38.0 Å². The Labute approximate surface area is 120 Å². The van der Waals surface area contributed by atoms with Crippen LogP contribution in [0.3, 0.4) is 0 Å². The minimum absolute atomic E-state index is 0.0946. The third kappa shape index (κ3) is 3.86. The first-order valence-electron chi connectivity index (χ1n) is 5.97. The largest absolute Gasteiger partial charge is 0.481 e. The van der Waals surface area contributed by atoms with Gasteiger partial charge in [-0.25, -0.2) is 4.98 Å². The summed E-state index contributed by atoms with van der Waals surface area (Å²) in [5.41, 5.74) is 1.02. The van der Waals surface area contributed by atoms with Gasteiger partial charge in [-0.3, -0.25) is 4.79 Å². The van der Waals surface area contributed by atoms with Crippen LogP contribution in [0.2, 0.25) is 0 Å². The van der Waals surface area contributed by atoms with E-state index < -0.39 is 5.97 Å². The van der Waals surface area contributed by atoms with E-state index in [-0.39, 0.29) is 12.5 Å². The highest BCUT2D eigenvalue weighted by atomic mass is 32.1. The monoisotopic (exact) mass is 296 g/mol. The van der Waals surface area contributed by atoms with Crippen LogP contribution >= 0.6 is 22.7 Å². The van der Waals surface area contributed by atoms with E-state index in [1.54, 1.807) is 22.7 Å². The molecule has 2 aromatic heterocycles. The lowest BCUT2D eigenvalue weighted by atomic mass is 10.1. The molecule has 102 valence electrons. The zero-order chi connectivity index (χ0) is 13.8. The number of nitrogens with zero attached hydrogens (tertiary/aromatic N) is 1. The summed E-state index contributed by atoms with van der Waals surface area (Å²) in [5, 5.41) is 15.3. The number of thiazole rings is 1. The van der Waals surface area contributed by atoms with E-state index in [1.165, 1.54) is 4.88 Å². The van der Waals surface area contributed by atoms with Crippen LogP contribution in [0.5, 0.6) is 0 Å². The molecule has 2 heterocycles. The van der Waals surface area contributed by atoms with E-state index in [0.29, 0.717) is 6.54 Å². The van der Waals surface area contributed by atoms with Gasteiger partial charge in [0.15, 0.2) is 0 Å². The van der Waals surface area contributed by atoms with Crippen molar-refractivity contribution in [3.63, 3.8) is 0 Å². The van der Waals surface area contributed by atoms with Gasteiger partial charge in [-0.1, -0.05) is 6.07 Å². The van der Waals surface area contributed by atoms with Gasteiger partial charge in [0.05, 0.1) is 23.2 Å². The van der Waals surface area contributed by atoms with Crippen LogP contribution in [0.1, 0.15) is 32.9 Å². The topological polar surface area (TPSA) is 62.2 Å². The van der Waals surface area contributed by atoms with Crippen LogP contribution in [0.25, 0.3) is 0 Å². The summed E-state index contributed by atoms with van der Waals surface area (Å²) in [5.74, 6) is -0.789. The molecule has 0 fully saturated rings. The number of aromatic nitrogens is 1. The molecule has 0 amide bonds. The van der Waals surface area contributed by atoms with Crippen LogP contribution in [-0.2, 0) is 11.3 Å². The molecule has 19 heavy (non-hydrogen) atoms. The second-order valence-corrected chi connectivity index (χ2v) is 6.56. The molecule has 0 spiro atoms. The van der Waals surface area contributed by atoms with Crippen molar-refractivity contribution in [2.24, 2.45) is 0 Å². The van der Waals surface area contributed by atoms with Gasteiger partial charge in [0.1, 0.15) is 0 Å². The summed E-state index contributed by atoms with van der Waals surface area (Å²) in [4.78, 5) is 17.5. The summed E-state index contributed by atoms with van der Waals surface area (Å²) in [6.07, 6.45) is 0.0946. The predicted molar refractivity (Wildman–Crippen MR) is 77.7 cm³/mol. The van der Waals surface area contributed by atoms with Crippen LogP contribution in [0, 0.1) is 13.8 Å². The van der Waals surface area contributed by atoms with Gasteiger partial charge >= 0.3 is 5.97 Å². The number of carboxylic acid groups (broad SMARTS) is 1. The molecule has 0 saturated carbocycles. The molecule has 2 rings (SSSR count). The van der Waals surface area contributed by atoms with Crippen LogP contribution in [-0.4, -0.2) is 16.1 Å². The molecule has 0 radical (unpaired) electrons. The molecule has 0 aliphatic carbocycles. The number of aryl methyl sites for hydroxylation is 2. The maximum absolute atomic E-state index is 10.9. The quantitative estimate of drug-likeness (QED) is 0.859. The molecule has 2 N–H and O–H groups in total. The van der Waals surface area contributed by atoms with Crippen molar-refractivity contribution >= 4 is 28.6 Å². The Bertz CT molecular complexity index is 549. The number of thiophene rings is 1. The number of hydrogen-bond acceptors (Lipinski definition) is 5. The molecule has 1 unspecified atom stereocenters. The van der Waals surface area contributed by atoms with Gasteiger partial charge in [-0.15, -0.1) is 22.7 Å².